The van der Waals surface area contributed by atoms with E-state index in [9.17, 15) is 9.59 Å². The number of amides is 2. The van der Waals surface area contributed by atoms with E-state index < -0.39 is 0 Å². The minimum absolute atomic E-state index is 0.0604. The lowest BCUT2D eigenvalue weighted by molar-refractivity contribution is -0.131. The Morgan fingerprint density at radius 2 is 2.00 bits per heavy atom. The predicted molar refractivity (Wildman–Crippen MR) is 80.7 cm³/mol. The summed E-state index contributed by atoms with van der Waals surface area (Å²) >= 11 is 0. The Morgan fingerprint density at radius 1 is 1.23 bits per heavy atom. The van der Waals surface area contributed by atoms with Gasteiger partial charge in [-0.1, -0.05) is 12.1 Å². The second-order valence-electron chi connectivity index (χ2n) is 5.30. The molecule has 0 unspecified atom stereocenters. The van der Waals surface area contributed by atoms with Crippen LogP contribution in [-0.2, 0) is 29.1 Å². The van der Waals surface area contributed by atoms with Crippen LogP contribution in [0.1, 0.15) is 23.7 Å². The SMILES string of the molecule is CC(=O)Nc1ccc(CC(=O)N2Cc3cncnc3C2)cc1. The van der Waals surface area contributed by atoms with Crippen LogP contribution < -0.4 is 5.32 Å². The van der Waals surface area contributed by atoms with Crippen molar-refractivity contribution in [1.29, 1.82) is 0 Å². The minimum atomic E-state index is -0.111. The van der Waals surface area contributed by atoms with E-state index in [-0.39, 0.29) is 11.8 Å². The monoisotopic (exact) mass is 296 g/mol. The number of benzene rings is 1. The van der Waals surface area contributed by atoms with Crippen molar-refractivity contribution >= 4 is 17.5 Å². The summed E-state index contributed by atoms with van der Waals surface area (Å²) in [4.78, 5) is 33.3. The normalized spacial score (nSPS) is 12.9. The third-order valence-electron chi connectivity index (χ3n) is 3.57. The lowest BCUT2D eigenvalue weighted by Gasteiger charge is -2.15. The van der Waals surface area contributed by atoms with Gasteiger partial charge in [0.05, 0.1) is 18.7 Å². The van der Waals surface area contributed by atoms with Crippen molar-refractivity contribution in [2.24, 2.45) is 0 Å². The summed E-state index contributed by atoms with van der Waals surface area (Å²) in [5.74, 6) is -0.0509. The molecule has 0 radical (unpaired) electrons. The first-order chi connectivity index (χ1) is 10.6. The van der Waals surface area contributed by atoms with E-state index in [0.29, 0.717) is 19.5 Å². The minimum Gasteiger partial charge on any atom is -0.332 e. The summed E-state index contributed by atoms with van der Waals surface area (Å²) in [5, 5.41) is 2.70. The fourth-order valence-corrected chi connectivity index (χ4v) is 2.47. The number of hydrogen-bond acceptors (Lipinski definition) is 4. The Morgan fingerprint density at radius 3 is 2.68 bits per heavy atom. The molecule has 1 N–H and O–H groups in total. The maximum atomic E-state index is 12.4. The molecule has 2 heterocycles. The Kier molecular flexibility index (Phi) is 3.82. The lowest BCUT2D eigenvalue weighted by atomic mass is 10.1. The van der Waals surface area contributed by atoms with E-state index in [2.05, 4.69) is 15.3 Å². The van der Waals surface area contributed by atoms with Crippen LogP contribution >= 0.6 is 0 Å². The first-order valence-electron chi connectivity index (χ1n) is 7.04. The zero-order valence-electron chi connectivity index (χ0n) is 12.2. The van der Waals surface area contributed by atoms with Crippen LogP contribution in [0, 0.1) is 0 Å². The fraction of sp³-hybridized carbons (Fsp3) is 0.250. The topological polar surface area (TPSA) is 75.2 Å². The molecule has 2 aromatic rings. The standard InChI is InChI=1S/C16H16N4O2/c1-11(21)19-14-4-2-12(3-5-14)6-16(22)20-8-13-7-17-10-18-15(13)9-20/h2-5,7,10H,6,8-9H2,1H3,(H,19,21). The van der Waals surface area contributed by atoms with Gasteiger partial charge >= 0.3 is 0 Å². The molecule has 0 bridgehead atoms. The molecular formula is C16H16N4O2. The number of fused-ring (bicyclic) bond motifs is 1. The summed E-state index contributed by atoms with van der Waals surface area (Å²) in [5.41, 5.74) is 3.58. The van der Waals surface area contributed by atoms with Gasteiger partial charge in [0.15, 0.2) is 0 Å². The molecule has 0 saturated carbocycles. The van der Waals surface area contributed by atoms with Gasteiger partial charge < -0.3 is 10.2 Å². The van der Waals surface area contributed by atoms with Crippen LogP contribution in [-0.4, -0.2) is 26.7 Å². The fourth-order valence-electron chi connectivity index (χ4n) is 2.47. The van der Waals surface area contributed by atoms with E-state index in [0.717, 1.165) is 22.5 Å². The number of carbonyl (C=O) groups is 2. The summed E-state index contributed by atoms with van der Waals surface area (Å²) < 4.78 is 0. The van der Waals surface area contributed by atoms with E-state index in [1.807, 2.05) is 12.1 Å². The number of hydrogen-bond donors (Lipinski definition) is 1. The number of nitrogens with zero attached hydrogens (tertiary/aromatic N) is 3. The third-order valence-corrected chi connectivity index (χ3v) is 3.57. The van der Waals surface area contributed by atoms with Gasteiger partial charge in [0.25, 0.3) is 0 Å². The van der Waals surface area contributed by atoms with Crippen molar-refractivity contribution in [2.75, 3.05) is 5.32 Å². The van der Waals surface area contributed by atoms with Crippen molar-refractivity contribution < 1.29 is 9.59 Å². The maximum Gasteiger partial charge on any atom is 0.227 e. The molecule has 1 aliphatic heterocycles. The van der Waals surface area contributed by atoms with E-state index in [1.54, 1.807) is 23.2 Å². The van der Waals surface area contributed by atoms with Crippen LogP contribution in [0.25, 0.3) is 0 Å². The Balaban J connectivity index is 1.62. The van der Waals surface area contributed by atoms with Crippen LogP contribution in [0.3, 0.4) is 0 Å². The first kappa shape index (κ1) is 14.2. The van der Waals surface area contributed by atoms with Crippen LogP contribution in [0.4, 0.5) is 5.69 Å². The van der Waals surface area contributed by atoms with E-state index in [4.69, 9.17) is 0 Å². The van der Waals surface area contributed by atoms with E-state index >= 15 is 0 Å². The van der Waals surface area contributed by atoms with Crippen molar-refractivity contribution in [3.8, 4) is 0 Å². The molecule has 0 saturated heterocycles. The van der Waals surface area contributed by atoms with Crippen molar-refractivity contribution in [3.05, 3.63) is 53.6 Å². The number of aromatic nitrogens is 2. The number of nitrogens with one attached hydrogen (secondary N) is 1. The Bertz CT molecular complexity index is 687. The highest BCUT2D eigenvalue weighted by Crippen LogP contribution is 2.20. The highest BCUT2D eigenvalue weighted by molar-refractivity contribution is 5.88. The molecule has 112 valence electrons. The second-order valence-corrected chi connectivity index (χ2v) is 5.30. The second kappa shape index (κ2) is 5.93. The average Bonchev–Trinajstić information content (AvgIpc) is 2.93. The molecule has 6 nitrogen and oxygen atoms in total. The highest BCUT2D eigenvalue weighted by atomic mass is 16.2. The van der Waals surface area contributed by atoms with Gasteiger partial charge in [-0.05, 0) is 17.7 Å². The molecule has 0 fully saturated rings. The van der Waals surface area contributed by atoms with Crippen molar-refractivity contribution in [3.63, 3.8) is 0 Å². The van der Waals surface area contributed by atoms with E-state index in [1.165, 1.54) is 13.3 Å². The summed E-state index contributed by atoms with van der Waals surface area (Å²) in [6, 6.07) is 7.31. The highest BCUT2D eigenvalue weighted by Gasteiger charge is 2.24. The molecule has 1 aromatic heterocycles. The smallest absolute Gasteiger partial charge is 0.227 e. The molecule has 3 rings (SSSR count). The summed E-state index contributed by atoms with van der Waals surface area (Å²) in [7, 11) is 0. The number of anilines is 1. The average molecular weight is 296 g/mol. The molecule has 2 amide bonds. The van der Waals surface area contributed by atoms with Crippen LogP contribution in [0.15, 0.2) is 36.8 Å². The Hall–Kier alpha value is -2.76. The van der Waals surface area contributed by atoms with Gasteiger partial charge in [-0.3, -0.25) is 9.59 Å². The van der Waals surface area contributed by atoms with Crippen molar-refractivity contribution in [2.45, 2.75) is 26.4 Å². The van der Waals surface area contributed by atoms with Gasteiger partial charge in [-0.15, -0.1) is 0 Å². The molecule has 1 aliphatic rings. The largest absolute Gasteiger partial charge is 0.332 e. The molecular weight excluding hydrogens is 280 g/mol. The van der Waals surface area contributed by atoms with Gasteiger partial charge in [-0.2, -0.15) is 0 Å². The molecule has 0 spiro atoms. The van der Waals surface area contributed by atoms with Gasteiger partial charge in [0, 0.05) is 30.9 Å². The number of rotatable bonds is 3. The molecule has 1 aromatic carbocycles. The third kappa shape index (κ3) is 3.11. The number of carbonyl (C=O) groups excluding carboxylic acids is 2. The Labute approximate surface area is 128 Å². The zero-order valence-corrected chi connectivity index (χ0v) is 12.2. The first-order valence-corrected chi connectivity index (χ1v) is 7.04. The molecule has 22 heavy (non-hydrogen) atoms. The molecule has 0 atom stereocenters. The summed E-state index contributed by atoms with van der Waals surface area (Å²) in [6.07, 6.45) is 3.60. The summed E-state index contributed by atoms with van der Waals surface area (Å²) in [6.45, 7) is 2.57. The quantitative estimate of drug-likeness (QED) is 0.932. The molecule has 6 heteroatoms. The maximum absolute atomic E-state index is 12.4. The van der Waals surface area contributed by atoms with Gasteiger partial charge in [0.1, 0.15) is 6.33 Å². The van der Waals surface area contributed by atoms with Crippen LogP contribution in [0.2, 0.25) is 0 Å². The van der Waals surface area contributed by atoms with Gasteiger partial charge in [-0.25, -0.2) is 9.97 Å². The van der Waals surface area contributed by atoms with Crippen molar-refractivity contribution in [1.82, 2.24) is 14.9 Å². The lowest BCUT2D eigenvalue weighted by Crippen LogP contribution is -2.27. The van der Waals surface area contributed by atoms with Gasteiger partial charge in [0.2, 0.25) is 11.8 Å². The zero-order chi connectivity index (χ0) is 15.5. The molecule has 0 aliphatic carbocycles. The predicted octanol–water partition coefficient (Wildman–Crippen LogP) is 1.52. The van der Waals surface area contributed by atoms with Crippen LogP contribution in [0.5, 0.6) is 0 Å².